The molecule has 0 unspecified atom stereocenters. The molecule has 2 aliphatic rings. The van der Waals surface area contributed by atoms with Crippen molar-refractivity contribution in [3.63, 3.8) is 0 Å². The van der Waals surface area contributed by atoms with Gasteiger partial charge in [-0.15, -0.1) is 0 Å². The van der Waals surface area contributed by atoms with Gasteiger partial charge >= 0.3 is 162 Å². The molecule has 2 aliphatic carbocycles. The third-order valence-electron chi connectivity index (χ3n) is 6.12. The number of allylic oxidation sites excluding steroid dienone is 8. The standard InChI is InChI=1S/2C10H15.6FH.2Ti/c2*1-7-6-10(4,5)9(3)8(7)2;;;;;;;;/h2*1-5H3;6*1H;;/q;;;;;;;;2*+3/p-6. The van der Waals surface area contributed by atoms with Crippen LogP contribution in [0.3, 0.4) is 0 Å². The van der Waals surface area contributed by atoms with E-state index >= 15 is 0 Å². The summed E-state index contributed by atoms with van der Waals surface area (Å²) >= 11 is 4.49. The fraction of sp³-hybridized carbons (Fsp3) is 0.600. The Balaban J connectivity index is -0.0000000712. The first kappa shape index (κ1) is 42.1. The van der Waals surface area contributed by atoms with Crippen LogP contribution in [0, 0.1) is 10.8 Å². The molecule has 0 saturated carbocycles. The molecule has 2 rings (SSSR count). The Hall–Kier alpha value is -0.0314. The molecule has 0 aromatic heterocycles. The first-order valence-electron chi connectivity index (χ1n) is 8.00. The molecule has 0 heterocycles. The third-order valence-corrected chi connectivity index (χ3v) is 9.25. The maximum atomic E-state index is 2.30. The van der Waals surface area contributed by atoms with Gasteiger partial charge in [0.05, 0.1) is 0 Å². The SMILES string of the molecule is CC1=C(C)C(C)(C)[C]([Ti+3])=C1C.CC1=C(C)C(C)(C)[C]([Ti+3])=C1C.[F-].[F-].[F-].[F-].[F-].[F-]. The molecule has 0 aromatic rings. The van der Waals surface area contributed by atoms with Crippen molar-refractivity contribution < 1.29 is 69.1 Å². The molecule has 0 saturated heterocycles. The van der Waals surface area contributed by atoms with Crippen LogP contribution in [-0.4, -0.2) is 0 Å². The van der Waals surface area contributed by atoms with Crippen molar-refractivity contribution in [1.82, 2.24) is 0 Å². The van der Waals surface area contributed by atoms with Crippen LogP contribution < -0.4 is 28.2 Å². The summed E-state index contributed by atoms with van der Waals surface area (Å²) in [5.41, 5.74) is 9.67. The van der Waals surface area contributed by atoms with Gasteiger partial charge in [-0.1, -0.05) is 0 Å². The van der Waals surface area contributed by atoms with Crippen molar-refractivity contribution in [3.8, 4) is 0 Å². The zero-order chi connectivity index (χ0) is 17.6. The molecule has 0 bridgehead atoms. The minimum atomic E-state index is 0. The average molecular weight is 480 g/mol. The van der Waals surface area contributed by atoms with Gasteiger partial charge < -0.3 is 28.2 Å². The quantitative estimate of drug-likeness (QED) is 0.239. The fourth-order valence-corrected chi connectivity index (χ4v) is 4.36. The van der Waals surface area contributed by atoms with Gasteiger partial charge in [-0.3, -0.25) is 0 Å². The maximum Gasteiger partial charge on any atom is -1.00 e. The van der Waals surface area contributed by atoms with Crippen molar-refractivity contribution in [2.45, 2.75) is 69.2 Å². The Kier molecular flexibility index (Phi) is 21.2. The molecule has 0 amide bonds. The molecule has 0 aliphatic heterocycles. The summed E-state index contributed by atoms with van der Waals surface area (Å²) in [6.45, 7) is 22.6. The average Bonchev–Trinajstić information content (AvgIpc) is 2.67. The third kappa shape index (κ3) is 7.04. The van der Waals surface area contributed by atoms with Crippen LogP contribution >= 0.6 is 0 Å². The van der Waals surface area contributed by atoms with Crippen LogP contribution in [0.15, 0.2) is 41.2 Å². The number of hydrogen-bond acceptors (Lipinski definition) is 0. The van der Waals surface area contributed by atoms with E-state index in [9.17, 15) is 0 Å². The van der Waals surface area contributed by atoms with Crippen LogP contribution in [0.5, 0.6) is 0 Å². The zero-order valence-corrected chi connectivity index (χ0v) is 21.4. The number of hydrogen-bond donors (Lipinski definition) is 0. The van der Waals surface area contributed by atoms with Gasteiger partial charge in [0.1, 0.15) is 0 Å². The van der Waals surface area contributed by atoms with E-state index in [1.165, 1.54) is 41.2 Å². The number of rotatable bonds is 0. The van der Waals surface area contributed by atoms with Gasteiger partial charge in [0, 0.05) is 0 Å². The maximum absolute atomic E-state index is 2.30. The van der Waals surface area contributed by atoms with Crippen LogP contribution in [-0.2, 0) is 40.9 Å². The minimum absolute atomic E-state index is 0. The molecule has 0 aromatic carbocycles. The second kappa shape index (κ2) is 14.1. The topological polar surface area (TPSA) is 0 Å². The predicted octanol–water partition coefficient (Wildman–Crippen LogP) is -11.6. The summed E-state index contributed by atoms with van der Waals surface area (Å²) in [6.07, 6.45) is 0. The molecule has 28 heavy (non-hydrogen) atoms. The van der Waals surface area contributed by atoms with Gasteiger partial charge in [0.25, 0.3) is 0 Å². The van der Waals surface area contributed by atoms with Crippen molar-refractivity contribution in [3.05, 3.63) is 41.2 Å². The Labute approximate surface area is 189 Å². The molecular weight excluding hydrogens is 450 g/mol. The molecule has 0 radical (unpaired) electrons. The van der Waals surface area contributed by atoms with Gasteiger partial charge in [-0.25, -0.2) is 0 Å². The van der Waals surface area contributed by atoms with E-state index in [0.717, 1.165) is 0 Å². The molecular formula is C20H30F6Ti2. The van der Waals surface area contributed by atoms with Crippen LogP contribution in [0.25, 0.3) is 0 Å². The largest absolute Gasteiger partial charge is 1.00 e. The molecule has 0 atom stereocenters. The van der Waals surface area contributed by atoms with E-state index in [4.69, 9.17) is 0 Å². The predicted molar refractivity (Wildman–Crippen MR) is 89.7 cm³/mol. The van der Waals surface area contributed by atoms with Crippen molar-refractivity contribution in [2.24, 2.45) is 10.8 Å². The first-order valence-corrected chi connectivity index (χ1v) is 9.56. The van der Waals surface area contributed by atoms with Crippen molar-refractivity contribution in [2.75, 3.05) is 0 Å². The first-order chi connectivity index (χ1) is 9.77. The van der Waals surface area contributed by atoms with Crippen LogP contribution in [0.1, 0.15) is 69.2 Å². The molecule has 160 valence electrons. The second-order valence-corrected chi connectivity index (χ2v) is 9.31. The van der Waals surface area contributed by atoms with E-state index in [0.29, 0.717) is 10.8 Å². The molecule has 0 N–H and O–H groups in total. The van der Waals surface area contributed by atoms with Gasteiger partial charge in [0.2, 0.25) is 0 Å². The second-order valence-electron chi connectivity index (χ2n) is 7.75. The Bertz CT molecular complexity index is 533. The van der Waals surface area contributed by atoms with Gasteiger partial charge in [-0.2, -0.15) is 0 Å². The normalized spacial score (nSPS) is 18.5. The fourth-order valence-electron chi connectivity index (χ4n) is 3.19. The summed E-state index contributed by atoms with van der Waals surface area (Å²) in [7, 11) is 0. The molecule has 0 nitrogen and oxygen atoms in total. The van der Waals surface area contributed by atoms with E-state index in [1.54, 1.807) is 0 Å². The Morgan fingerprint density at radius 2 is 0.607 bits per heavy atom. The summed E-state index contributed by atoms with van der Waals surface area (Å²) in [4.78, 5) is 0. The van der Waals surface area contributed by atoms with Crippen LogP contribution in [0.2, 0.25) is 0 Å². The monoisotopic (exact) mass is 480 g/mol. The smallest absolute Gasteiger partial charge is 1.00 e. The summed E-state index contributed by atoms with van der Waals surface area (Å²) in [5.74, 6) is 0. The van der Waals surface area contributed by atoms with E-state index in [2.05, 4.69) is 110 Å². The summed E-state index contributed by atoms with van der Waals surface area (Å²) in [6, 6.07) is 0. The van der Waals surface area contributed by atoms with E-state index < -0.39 is 0 Å². The Morgan fingerprint density at radius 1 is 0.429 bits per heavy atom. The van der Waals surface area contributed by atoms with Gasteiger partial charge in [0.15, 0.2) is 0 Å². The minimum Gasteiger partial charge on any atom is -1.00 e. The van der Waals surface area contributed by atoms with Crippen molar-refractivity contribution >= 4 is 0 Å². The molecule has 0 spiro atoms. The number of halogens is 6. The molecule has 8 heteroatoms. The zero-order valence-electron chi connectivity index (χ0n) is 18.3. The summed E-state index contributed by atoms with van der Waals surface area (Å²) in [5, 5.41) is 0. The van der Waals surface area contributed by atoms with Crippen LogP contribution in [0.4, 0.5) is 0 Å². The van der Waals surface area contributed by atoms with Crippen molar-refractivity contribution in [1.29, 1.82) is 0 Å². The van der Waals surface area contributed by atoms with Gasteiger partial charge in [-0.05, 0) is 0 Å². The Morgan fingerprint density at radius 3 is 0.643 bits per heavy atom. The van der Waals surface area contributed by atoms with E-state index in [1.807, 2.05) is 0 Å². The van der Waals surface area contributed by atoms with E-state index in [-0.39, 0.29) is 28.2 Å². The summed E-state index contributed by atoms with van der Waals surface area (Å²) < 4.78 is 3.07. The molecule has 0 fully saturated rings.